The average molecular weight is 327 g/mol. The lowest BCUT2D eigenvalue weighted by atomic mass is 10.1. The van der Waals surface area contributed by atoms with Crippen molar-refractivity contribution < 1.29 is 4.79 Å². The highest BCUT2D eigenvalue weighted by Gasteiger charge is 2.08. The third-order valence-electron chi connectivity index (χ3n) is 3.67. The van der Waals surface area contributed by atoms with E-state index in [9.17, 15) is 4.79 Å². The Bertz CT molecular complexity index is 655. The summed E-state index contributed by atoms with van der Waals surface area (Å²) < 4.78 is 0. The van der Waals surface area contributed by atoms with Gasteiger partial charge in [-0.15, -0.1) is 0 Å². The summed E-state index contributed by atoms with van der Waals surface area (Å²) in [5.41, 5.74) is 2.57. The number of anilines is 1. The molecule has 0 bridgehead atoms. The molecule has 2 aromatic rings. The third kappa shape index (κ3) is 5.62. The Balaban J connectivity index is 1.81. The molecule has 0 saturated heterocycles. The maximum atomic E-state index is 12.1. The molecule has 6 nitrogen and oxygen atoms in total. The Hall–Kier alpha value is -2.47. The summed E-state index contributed by atoms with van der Waals surface area (Å²) in [6.45, 7) is 4.35. The predicted octanol–water partition coefficient (Wildman–Crippen LogP) is 2.08. The number of rotatable bonds is 8. The SMILES string of the molecule is Cc1ccccc1CNC(=O)c1cnc(NCCCN(C)C)cn1. The van der Waals surface area contributed by atoms with Crippen LogP contribution in [0.4, 0.5) is 5.82 Å². The molecule has 0 aliphatic heterocycles. The molecule has 0 radical (unpaired) electrons. The number of hydrogen-bond donors (Lipinski definition) is 2. The minimum Gasteiger partial charge on any atom is -0.369 e. The van der Waals surface area contributed by atoms with E-state index in [0.717, 1.165) is 30.6 Å². The molecule has 6 heteroatoms. The van der Waals surface area contributed by atoms with E-state index in [2.05, 4.69) is 25.5 Å². The van der Waals surface area contributed by atoms with Crippen molar-refractivity contribution in [3.05, 3.63) is 53.5 Å². The van der Waals surface area contributed by atoms with Gasteiger partial charge in [-0.05, 0) is 45.1 Å². The van der Waals surface area contributed by atoms with E-state index in [1.165, 1.54) is 6.20 Å². The van der Waals surface area contributed by atoms with E-state index in [1.54, 1.807) is 6.20 Å². The summed E-state index contributed by atoms with van der Waals surface area (Å²) in [5.74, 6) is 0.467. The summed E-state index contributed by atoms with van der Waals surface area (Å²) in [4.78, 5) is 22.7. The van der Waals surface area contributed by atoms with Crippen molar-refractivity contribution in [2.45, 2.75) is 19.9 Å². The lowest BCUT2D eigenvalue weighted by Gasteiger charge is -2.10. The molecule has 2 rings (SSSR count). The highest BCUT2D eigenvalue weighted by molar-refractivity contribution is 5.91. The van der Waals surface area contributed by atoms with Crippen LogP contribution in [0.25, 0.3) is 0 Å². The third-order valence-corrected chi connectivity index (χ3v) is 3.67. The minimum atomic E-state index is -0.218. The zero-order chi connectivity index (χ0) is 17.4. The van der Waals surface area contributed by atoms with E-state index >= 15 is 0 Å². The first-order chi connectivity index (χ1) is 11.6. The largest absolute Gasteiger partial charge is 0.369 e. The molecule has 2 N–H and O–H groups in total. The Kier molecular flexibility index (Phi) is 6.69. The first-order valence-corrected chi connectivity index (χ1v) is 8.09. The lowest BCUT2D eigenvalue weighted by Crippen LogP contribution is -2.24. The molecule has 1 aromatic heterocycles. The summed E-state index contributed by atoms with van der Waals surface area (Å²) in [6, 6.07) is 7.97. The zero-order valence-corrected chi connectivity index (χ0v) is 14.5. The number of nitrogens with one attached hydrogen (secondary N) is 2. The number of amides is 1. The topological polar surface area (TPSA) is 70.2 Å². The van der Waals surface area contributed by atoms with E-state index in [1.807, 2.05) is 45.3 Å². The van der Waals surface area contributed by atoms with E-state index in [0.29, 0.717) is 18.1 Å². The monoisotopic (exact) mass is 327 g/mol. The van der Waals surface area contributed by atoms with Gasteiger partial charge in [-0.1, -0.05) is 24.3 Å². The molecule has 0 fully saturated rings. The molecule has 1 amide bonds. The van der Waals surface area contributed by atoms with Crippen LogP contribution in [0.3, 0.4) is 0 Å². The lowest BCUT2D eigenvalue weighted by molar-refractivity contribution is 0.0945. The van der Waals surface area contributed by atoms with Gasteiger partial charge in [-0.25, -0.2) is 9.97 Å². The van der Waals surface area contributed by atoms with Crippen molar-refractivity contribution in [2.75, 3.05) is 32.5 Å². The average Bonchev–Trinajstić information content (AvgIpc) is 2.58. The van der Waals surface area contributed by atoms with Gasteiger partial charge < -0.3 is 15.5 Å². The fourth-order valence-electron chi connectivity index (χ4n) is 2.22. The van der Waals surface area contributed by atoms with Gasteiger partial charge in [0.25, 0.3) is 5.91 Å². The van der Waals surface area contributed by atoms with Crippen LogP contribution >= 0.6 is 0 Å². The fourth-order valence-corrected chi connectivity index (χ4v) is 2.22. The fraction of sp³-hybridized carbons (Fsp3) is 0.389. The van der Waals surface area contributed by atoms with E-state index in [4.69, 9.17) is 0 Å². The number of aryl methyl sites for hydroxylation is 1. The number of carbonyl (C=O) groups excluding carboxylic acids is 1. The van der Waals surface area contributed by atoms with Crippen molar-refractivity contribution in [2.24, 2.45) is 0 Å². The first-order valence-electron chi connectivity index (χ1n) is 8.09. The number of aromatic nitrogens is 2. The first kappa shape index (κ1) is 17.9. The standard InChI is InChI=1S/C18H25N5O/c1-14-7-4-5-8-15(14)11-22-18(24)16-12-21-17(13-20-16)19-9-6-10-23(2)3/h4-5,7-8,12-13H,6,9-11H2,1-3H3,(H,19,21)(H,22,24). The molecule has 0 aliphatic carbocycles. The van der Waals surface area contributed by atoms with Crippen molar-refractivity contribution in [3.63, 3.8) is 0 Å². The van der Waals surface area contributed by atoms with Crippen LogP contribution in [-0.2, 0) is 6.54 Å². The van der Waals surface area contributed by atoms with Crippen molar-refractivity contribution in [1.29, 1.82) is 0 Å². The minimum absolute atomic E-state index is 0.218. The van der Waals surface area contributed by atoms with Crippen LogP contribution in [-0.4, -0.2) is 48.0 Å². The smallest absolute Gasteiger partial charge is 0.271 e. The molecule has 1 aromatic carbocycles. The Labute approximate surface area is 143 Å². The second kappa shape index (κ2) is 8.98. The molecular weight excluding hydrogens is 302 g/mol. The second-order valence-electron chi connectivity index (χ2n) is 5.98. The summed E-state index contributed by atoms with van der Waals surface area (Å²) >= 11 is 0. The molecular formula is C18H25N5O. The van der Waals surface area contributed by atoms with E-state index in [-0.39, 0.29) is 5.91 Å². The van der Waals surface area contributed by atoms with Gasteiger partial charge in [0, 0.05) is 13.1 Å². The van der Waals surface area contributed by atoms with Gasteiger partial charge in [0.05, 0.1) is 12.4 Å². The van der Waals surface area contributed by atoms with Crippen LogP contribution in [0.15, 0.2) is 36.7 Å². The van der Waals surface area contributed by atoms with Crippen LogP contribution in [0.2, 0.25) is 0 Å². The van der Waals surface area contributed by atoms with Crippen LogP contribution in [0.1, 0.15) is 28.0 Å². The maximum Gasteiger partial charge on any atom is 0.271 e. The summed E-state index contributed by atoms with van der Waals surface area (Å²) in [6.07, 6.45) is 4.12. The predicted molar refractivity (Wildman–Crippen MR) is 96.0 cm³/mol. The summed E-state index contributed by atoms with van der Waals surface area (Å²) in [7, 11) is 4.09. The highest BCUT2D eigenvalue weighted by atomic mass is 16.1. The molecule has 0 aliphatic rings. The number of benzene rings is 1. The van der Waals surface area contributed by atoms with Crippen molar-refractivity contribution >= 4 is 11.7 Å². The van der Waals surface area contributed by atoms with Crippen LogP contribution < -0.4 is 10.6 Å². The molecule has 24 heavy (non-hydrogen) atoms. The molecule has 128 valence electrons. The number of nitrogens with zero attached hydrogens (tertiary/aromatic N) is 3. The van der Waals surface area contributed by atoms with Gasteiger partial charge in [-0.3, -0.25) is 4.79 Å². The Morgan fingerprint density at radius 1 is 1.17 bits per heavy atom. The van der Waals surface area contributed by atoms with Crippen LogP contribution in [0, 0.1) is 6.92 Å². The quantitative estimate of drug-likeness (QED) is 0.727. The highest BCUT2D eigenvalue weighted by Crippen LogP contribution is 2.07. The van der Waals surface area contributed by atoms with Gasteiger partial charge >= 0.3 is 0 Å². The van der Waals surface area contributed by atoms with Gasteiger partial charge in [0.2, 0.25) is 0 Å². The summed E-state index contributed by atoms with van der Waals surface area (Å²) in [5, 5.41) is 6.07. The van der Waals surface area contributed by atoms with Gasteiger partial charge in [0.1, 0.15) is 11.5 Å². The molecule has 0 unspecified atom stereocenters. The van der Waals surface area contributed by atoms with Crippen LogP contribution in [0.5, 0.6) is 0 Å². The zero-order valence-electron chi connectivity index (χ0n) is 14.5. The Morgan fingerprint density at radius 3 is 2.62 bits per heavy atom. The maximum absolute atomic E-state index is 12.1. The van der Waals surface area contributed by atoms with E-state index < -0.39 is 0 Å². The van der Waals surface area contributed by atoms with Crippen molar-refractivity contribution in [3.8, 4) is 0 Å². The van der Waals surface area contributed by atoms with Gasteiger partial charge in [0.15, 0.2) is 0 Å². The second-order valence-corrected chi connectivity index (χ2v) is 5.98. The molecule has 0 spiro atoms. The molecule has 1 heterocycles. The number of carbonyl (C=O) groups is 1. The number of hydrogen-bond acceptors (Lipinski definition) is 5. The normalized spacial score (nSPS) is 10.7. The van der Waals surface area contributed by atoms with Crippen molar-refractivity contribution in [1.82, 2.24) is 20.2 Å². The Morgan fingerprint density at radius 2 is 1.96 bits per heavy atom. The van der Waals surface area contributed by atoms with Gasteiger partial charge in [-0.2, -0.15) is 0 Å². The molecule has 0 saturated carbocycles. The molecule has 0 atom stereocenters.